The fraction of sp³-hybridized carbons (Fsp3) is 0.600. The van der Waals surface area contributed by atoms with E-state index in [4.69, 9.17) is 0 Å². The lowest BCUT2D eigenvalue weighted by molar-refractivity contribution is 0.444. The molecule has 0 saturated heterocycles. The monoisotopic (exact) mass is 316 g/mol. The SMILES string of the molecule is CCN(CC)S(=O)(=O)c1cc(C)c(F)c(CNC(C)C)c1. The van der Waals surface area contributed by atoms with Crippen LogP contribution < -0.4 is 5.32 Å². The van der Waals surface area contributed by atoms with Gasteiger partial charge in [-0.1, -0.05) is 27.7 Å². The van der Waals surface area contributed by atoms with Crippen LogP contribution in [0.3, 0.4) is 0 Å². The largest absolute Gasteiger partial charge is 0.310 e. The summed E-state index contributed by atoms with van der Waals surface area (Å²) in [5.74, 6) is -0.346. The van der Waals surface area contributed by atoms with Gasteiger partial charge in [0.2, 0.25) is 10.0 Å². The predicted octanol–water partition coefficient (Wildman–Crippen LogP) is 2.66. The molecule has 1 N–H and O–H groups in total. The number of rotatable bonds is 7. The molecule has 0 spiro atoms. The van der Waals surface area contributed by atoms with Crippen molar-refractivity contribution in [3.63, 3.8) is 0 Å². The Hall–Kier alpha value is -0.980. The highest BCUT2D eigenvalue weighted by Crippen LogP contribution is 2.22. The number of halogens is 1. The molecule has 4 nitrogen and oxygen atoms in total. The zero-order valence-corrected chi connectivity index (χ0v) is 14.2. The summed E-state index contributed by atoms with van der Waals surface area (Å²) in [7, 11) is -3.56. The second-order valence-electron chi connectivity index (χ2n) is 5.34. The van der Waals surface area contributed by atoms with Crippen molar-refractivity contribution in [3.8, 4) is 0 Å². The standard InChI is InChI=1S/C15H25FN2O2S/c1-6-18(7-2)21(19,20)14-8-12(5)15(16)13(9-14)10-17-11(3)4/h8-9,11,17H,6-7,10H2,1-5H3. The molecule has 120 valence electrons. The average Bonchev–Trinajstić information content (AvgIpc) is 2.41. The van der Waals surface area contributed by atoms with Gasteiger partial charge in [0.05, 0.1) is 4.90 Å². The lowest BCUT2D eigenvalue weighted by Gasteiger charge is -2.20. The smallest absolute Gasteiger partial charge is 0.243 e. The van der Waals surface area contributed by atoms with Gasteiger partial charge < -0.3 is 5.32 Å². The van der Waals surface area contributed by atoms with Crippen molar-refractivity contribution < 1.29 is 12.8 Å². The Balaban J connectivity index is 3.26. The summed E-state index contributed by atoms with van der Waals surface area (Å²) in [5, 5.41) is 3.12. The van der Waals surface area contributed by atoms with E-state index in [1.54, 1.807) is 20.8 Å². The fourth-order valence-electron chi connectivity index (χ4n) is 2.11. The zero-order valence-electron chi connectivity index (χ0n) is 13.4. The van der Waals surface area contributed by atoms with Gasteiger partial charge in [-0.25, -0.2) is 12.8 Å². The maximum atomic E-state index is 14.1. The van der Waals surface area contributed by atoms with Crippen molar-refractivity contribution in [1.29, 1.82) is 0 Å². The third kappa shape index (κ3) is 4.25. The third-order valence-electron chi connectivity index (χ3n) is 3.35. The molecule has 1 aromatic rings. The molecule has 21 heavy (non-hydrogen) atoms. The minimum Gasteiger partial charge on any atom is -0.310 e. The highest BCUT2D eigenvalue weighted by molar-refractivity contribution is 7.89. The molecule has 0 aliphatic carbocycles. The summed E-state index contributed by atoms with van der Waals surface area (Å²) in [5.41, 5.74) is 0.734. The van der Waals surface area contributed by atoms with Crippen molar-refractivity contribution >= 4 is 10.0 Å². The van der Waals surface area contributed by atoms with E-state index < -0.39 is 10.0 Å². The van der Waals surface area contributed by atoms with Gasteiger partial charge in [0.25, 0.3) is 0 Å². The Bertz CT molecular complexity index is 582. The van der Waals surface area contributed by atoms with E-state index in [0.29, 0.717) is 30.8 Å². The van der Waals surface area contributed by atoms with Gasteiger partial charge >= 0.3 is 0 Å². The van der Waals surface area contributed by atoms with E-state index >= 15 is 0 Å². The summed E-state index contributed by atoms with van der Waals surface area (Å²) in [4.78, 5) is 0.158. The summed E-state index contributed by atoms with van der Waals surface area (Å²) < 4.78 is 40.6. The molecular formula is C15H25FN2O2S. The van der Waals surface area contributed by atoms with E-state index in [1.807, 2.05) is 13.8 Å². The Kier molecular flexibility index (Phi) is 6.31. The molecule has 0 fully saturated rings. The lowest BCUT2D eigenvalue weighted by Crippen LogP contribution is -2.31. The van der Waals surface area contributed by atoms with E-state index in [2.05, 4.69) is 5.32 Å². The van der Waals surface area contributed by atoms with Crippen LogP contribution in [0, 0.1) is 12.7 Å². The topological polar surface area (TPSA) is 49.4 Å². The normalized spacial score (nSPS) is 12.4. The Labute approximate surface area is 127 Å². The fourth-order valence-corrected chi connectivity index (χ4v) is 3.71. The third-order valence-corrected chi connectivity index (χ3v) is 5.38. The van der Waals surface area contributed by atoms with Crippen LogP contribution in [0.25, 0.3) is 0 Å². The maximum absolute atomic E-state index is 14.1. The summed E-state index contributed by atoms with van der Waals surface area (Å²) in [6.07, 6.45) is 0. The van der Waals surface area contributed by atoms with Crippen LogP contribution in [0.4, 0.5) is 4.39 Å². The molecule has 0 aromatic heterocycles. The average molecular weight is 316 g/mol. The van der Waals surface area contributed by atoms with Crippen LogP contribution in [0.1, 0.15) is 38.8 Å². The molecule has 1 aromatic carbocycles. The molecule has 0 bridgehead atoms. The minimum absolute atomic E-state index is 0.158. The molecule has 0 atom stereocenters. The highest BCUT2D eigenvalue weighted by Gasteiger charge is 2.23. The maximum Gasteiger partial charge on any atom is 0.243 e. The van der Waals surface area contributed by atoms with Crippen LogP contribution in [0.5, 0.6) is 0 Å². The molecule has 0 aliphatic heterocycles. The predicted molar refractivity (Wildman–Crippen MR) is 83.2 cm³/mol. The zero-order chi connectivity index (χ0) is 16.2. The van der Waals surface area contributed by atoms with Gasteiger partial charge in [0, 0.05) is 31.2 Å². The molecule has 6 heteroatoms. The number of hydrogen-bond donors (Lipinski definition) is 1. The van der Waals surface area contributed by atoms with Gasteiger partial charge in [0.15, 0.2) is 0 Å². The van der Waals surface area contributed by atoms with Crippen molar-refractivity contribution in [3.05, 3.63) is 29.1 Å². The summed E-state index contributed by atoms with van der Waals surface area (Å²) in [6.45, 7) is 10.2. The second-order valence-corrected chi connectivity index (χ2v) is 7.28. The number of nitrogens with one attached hydrogen (secondary N) is 1. The highest BCUT2D eigenvalue weighted by atomic mass is 32.2. The lowest BCUT2D eigenvalue weighted by atomic mass is 10.1. The number of hydrogen-bond acceptors (Lipinski definition) is 3. The Morgan fingerprint density at radius 3 is 2.29 bits per heavy atom. The molecule has 0 unspecified atom stereocenters. The number of nitrogens with zero attached hydrogens (tertiary/aromatic N) is 1. The molecular weight excluding hydrogens is 291 g/mol. The van der Waals surface area contributed by atoms with Crippen LogP contribution in [0.15, 0.2) is 17.0 Å². The van der Waals surface area contributed by atoms with Crippen molar-refractivity contribution in [1.82, 2.24) is 9.62 Å². The molecule has 0 radical (unpaired) electrons. The molecule has 0 heterocycles. The first-order valence-electron chi connectivity index (χ1n) is 7.26. The number of aryl methyl sites for hydroxylation is 1. The van der Waals surface area contributed by atoms with Gasteiger partial charge in [-0.15, -0.1) is 0 Å². The first-order chi connectivity index (χ1) is 9.73. The first kappa shape index (κ1) is 18.1. The molecule has 0 amide bonds. The quantitative estimate of drug-likeness (QED) is 0.841. The van der Waals surface area contributed by atoms with E-state index in [9.17, 15) is 12.8 Å². The number of benzene rings is 1. The molecule has 1 rings (SSSR count). The second kappa shape index (κ2) is 7.33. The minimum atomic E-state index is -3.56. The van der Waals surface area contributed by atoms with Crippen LogP contribution >= 0.6 is 0 Å². The Morgan fingerprint density at radius 2 is 1.81 bits per heavy atom. The van der Waals surface area contributed by atoms with E-state index in [1.165, 1.54) is 16.4 Å². The number of sulfonamides is 1. The Morgan fingerprint density at radius 1 is 1.24 bits per heavy atom. The van der Waals surface area contributed by atoms with Crippen molar-refractivity contribution in [2.24, 2.45) is 0 Å². The van der Waals surface area contributed by atoms with Gasteiger partial charge in [0.1, 0.15) is 5.82 Å². The van der Waals surface area contributed by atoms with Gasteiger partial charge in [-0.05, 0) is 24.6 Å². The van der Waals surface area contributed by atoms with Crippen LogP contribution in [0.2, 0.25) is 0 Å². The van der Waals surface area contributed by atoms with Crippen LogP contribution in [-0.4, -0.2) is 31.9 Å². The van der Waals surface area contributed by atoms with Gasteiger partial charge in [-0.2, -0.15) is 4.31 Å². The molecule has 0 saturated carbocycles. The molecule has 0 aliphatic rings. The van der Waals surface area contributed by atoms with E-state index in [0.717, 1.165) is 0 Å². The van der Waals surface area contributed by atoms with E-state index in [-0.39, 0.29) is 16.8 Å². The van der Waals surface area contributed by atoms with Gasteiger partial charge in [-0.3, -0.25) is 0 Å². The van der Waals surface area contributed by atoms with Crippen molar-refractivity contribution in [2.75, 3.05) is 13.1 Å². The summed E-state index contributed by atoms with van der Waals surface area (Å²) in [6, 6.07) is 3.04. The first-order valence-corrected chi connectivity index (χ1v) is 8.70. The van der Waals surface area contributed by atoms with Crippen LogP contribution in [-0.2, 0) is 16.6 Å². The van der Waals surface area contributed by atoms with Crippen molar-refractivity contribution in [2.45, 2.75) is 52.1 Å². The summed E-state index contributed by atoms with van der Waals surface area (Å²) >= 11 is 0.